The van der Waals surface area contributed by atoms with Gasteiger partial charge in [-0.1, -0.05) is 30.3 Å². The number of carbonyl (C=O) groups is 1. The van der Waals surface area contributed by atoms with Crippen molar-refractivity contribution >= 4 is 23.4 Å². The Morgan fingerprint density at radius 3 is 2.96 bits per heavy atom. The molecule has 4 heteroatoms. The van der Waals surface area contributed by atoms with Gasteiger partial charge in [-0.2, -0.15) is 0 Å². The number of hydrogen-bond acceptors (Lipinski definition) is 3. The average Bonchev–Trinajstić information content (AvgIpc) is 2.61. The molecule has 1 amide bonds. The molecule has 1 atom stereocenters. The van der Waals surface area contributed by atoms with Crippen LogP contribution in [0.3, 0.4) is 0 Å². The van der Waals surface area contributed by atoms with E-state index in [1.165, 1.54) is 10.5 Å². The fourth-order valence-corrected chi connectivity index (χ4v) is 4.25. The molecule has 0 spiro atoms. The molecule has 2 aliphatic rings. The number of ether oxygens (including phenoxy) is 1. The summed E-state index contributed by atoms with van der Waals surface area (Å²) < 4.78 is 6.01. The van der Waals surface area contributed by atoms with Gasteiger partial charge in [0.15, 0.2) is 0 Å². The zero-order chi connectivity index (χ0) is 15.6. The van der Waals surface area contributed by atoms with Crippen LogP contribution in [0.5, 0.6) is 5.75 Å². The van der Waals surface area contributed by atoms with Crippen molar-refractivity contribution in [3.05, 3.63) is 54.1 Å². The minimum atomic E-state index is -0.0449. The number of rotatable bonds is 2. The standard InChI is InChI=1S/C19H19NO2S/c21-19(20-11-5-7-14-6-1-2-8-16(14)20)12-15-13-23-18-10-4-3-9-17(18)22-15/h1-4,6,8-10,15H,5,7,11-13H2. The van der Waals surface area contributed by atoms with E-state index >= 15 is 0 Å². The molecule has 23 heavy (non-hydrogen) atoms. The van der Waals surface area contributed by atoms with Crippen molar-refractivity contribution in [3.8, 4) is 5.75 Å². The van der Waals surface area contributed by atoms with Crippen molar-refractivity contribution in [2.24, 2.45) is 0 Å². The van der Waals surface area contributed by atoms with Gasteiger partial charge in [0.05, 0.1) is 6.42 Å². The second-order valence-electron chi connectivity index (χ2n) is 5.98. The van der Waals surface area contributed by atoms with Crippen molar-refractivity contribution in [2.75, 3.05) is 17.2 Å². The molecular weight excluding hydrogens is 306 g/mol. The summed E-state index contributed by atoms with van der Waals surface area (Å²) in [6, 6.07) is 16.3. The first-order valence-electron chi connectivity index (χ1n) is 8.08. The molecule has 0 radical (unpaired) electrons. The molecule has 0 N–H and O–H groups in total. The van der Waals surface area contributed by atoms with E-state index in [9.17, 15) is 4.79 Å². The van der Waals surface area contributed by atoms with Crippen LogP contribution >= 0.6 is 11.8 Å². The van der Waals surface area contributed by atoms with Crippen LogP contribution in [0.2, 0.25) is 0 Å². The molecule has 0 aliphatic carbocycles. The fourth-order valence-electron chi connectivity index (χ4n) is 3.26. The molecular formula is C19H19NO2S. The monoisotopic (exact) mass is 325 g/mol. The number of thioether (sulfide) groups is 1. The molecule has 0 saturated carbocycles. The number of anilines is 1. The maximum absolute atomic E-state index is 12.8. The Hall–Kier alpha value is -1.94. The lowest BCUT2D eigenvalue weighted by molar-refractivity contribution is -0.120. The van der Waals surface area contributed by atoms with Gasteiger partial charge >= 0.3 is 0 Å². The SMILES string of the molecule is O=C(CC1CSc2ccccc2O1)N1CCCc2ccccc21. The Morgan fingerprint density at radius 1 is 1.17 bits per heavy atom. The average molecular weight is 325 g/mol. The summed E-state index contributed by atoms with van der Waals surface area (Å²) in [6.45, 7) is 0.812. The smallest absolute Gasteiger partial charge is 0.230 e. The van der Waals surface area contributed by atoms with E-state index in [2.05, 4.69) is 18.2 Å². The first-order chi connectivity index (χ1) is 11.3. The summed E-state index contributed by atoms with van der Waals surface area (Å²) in [5, 5.41) is 0. The Labute approximate surface area is 140 Å². The maximum Gasteiger partial charge on any atom is 0.230 e. The van der Waals surface area contributed by atoms with Gasteiger partial charge in [-0.15, -0.1) is 11.8 Å². The summed E-state index contributed by atoms with van der Waals surface area (Å²) in [6.07, 6.45) is 2.49. The van der Waals surface area contributed by atoms with Crippen molar-refractivity contribution < 1.29 is 9.53 Å². The van der Waals surface area contributed by atoms with Gasteiger partial charge in [0, 0.05) is 22.9 Å². The molecule has 2 aliphatic heterocycles. The number of amides is 1. The molecule has 2 aromatic carbocycles. The van der Waals surface area contributed by atoms with Gasteiger partial charge in [-0.25, -0.2) is 0 Å². The summed E-state index contributed by atoms with van der Waals surface area (Å²) in [7, 11) is 0. The molecule has 0 saturated heterocycles. The van der Waals surface area contributed by atoms with E-state index in [1.54, 1.807) is 11.8 Å². The van der Waals surface area contributed by atoms with Crippen LogP contribution in [0, 0.1) is 0 Å². The molecule has 1 unspecified atom stereocenters. The molecule has 2 aromatic rings. The molecule has 118 valence electrons. The highest BCUT2D eigenvalue weighted by atomic mass is 32.2. The van der Waals surface area contributed by atoms with E-state index in [1.807, 2.05) is 35.2 Å². The van der Waals surface area contributed by atoms with Crippen LogP contribution in [-0.2, 0) is 11.2 Å². The lowest BCUT2D eigenvalue weighted by atomic mass is 10.0. The van der Waals surface area contributed by atoms with Gasteiger partial charge in [-0.3, -0.25) is 4.79 Å². The third-order valence-corrected chi connectivity index (χ3v) is 5.57. The second kappa shape index (κ2) is 6.28. The number of nitrogens with zero attached hydrogens (tertiary/aromatic N) is 1. The highest BCUT2D eigenvalue weighted by Crippen LogP contribution is 2.36. The summed E-state index contributed by atoms with van der Waals surface area (Å²) >= 11 is 1.78. The minimum Gasteiger partial charge on any atom is -0.488 e. The van der Waals surface area contributed by atoms with Gasteiger partial charge < -0.3 is 9.64 Å². The van der Waals surface area contributed by atoms with E-state index in [0.29, 0.717) is 6.42 Å². The van der Waals surface area contributed by atoms with Crippen molar-refractivity contribution in [3.63, 3.8) is 0 Å². The summed E-state index contributed by atoms with van der Waals surface area (Å²) in [5.74, 6) is 1.90. The third-order valence-electron chi connectivity index (χ3n) is 4.38. The normalized spacial score (nSPS) is 19.5. The summed E-state index contributed by atoms with van der Waals surface area (Å²) in [5.41, 5.74) is 2.35. The third kappa shape index (κ3) is 2.95. The summed E-state index contributed by atoms with van der Waals surface area (Å²) in [4.78, 5) is 15.9. The van der Waals surface area contributed by atoms with Crippen molar-refractivity contribution in [1.82, 2.24) is 0 Å². The maximum atomic E-state index is 12.8. The topological polar surface area (TPSA) is 29.5 Å². The van der Waals surface area contributed by atoms with E-state index in [4.69, 9.17) is 4.74 Å². The number of aryl methyl sites for hydroxylation is 1. The molecule has 0 bridgehead atoms. The molecule has 0 fully saturated rings. The van der Waals surface area contributed by atoms with Crippen LogP contribution in [-0.4, -0.2) is 24.3 Å². The minimum absolute atomic E-state index is 0.0449. The first kappa shape index (κ1) is 14.6. The molecule has 4 rings (SSSR count). The van der Waals surface area contributed by atoms with E-state index < -0.39 is 0 Å². The van der Waals surface area contributed by atoms with Gasteiger partial charge in [0.25, 0.3) is 0 Å². The Morgan fingerprint density at radius 2 is 2.00 bits per heavy atom. The molecule has 0 aromatic heterocycles. The number of para-hydroxylation sites is 2. The quantitative estimate of drug-likeness (QED) is 0.838. The molecule has 3 nitrogen and oxygen atoms in total. The lowest BCUT2D eigenvalue weighted by Gasteiger charge is -2.32. The van der Waals surface area contributed by atoms with Crippen molar-refractivity contribution in [1.29, 1.82) is 0 Å². The zero-order valence-corrected chi connectivity index (χ0v) is 13.7. The van der Waals surface area contributed by atoms with Gasteiger partial charge in [-0.05, 0) is 36.6 Å². The van der Waals surface area contributed by atoms with E-state index in [-0.39, 0.29) is 12.0 Å². The number of fused-ring (bicyclic) bond motifs is 2. The lowest BCUT2D eigenvalue weighted by Crippen LogP contribution is -2.39. The predicted molar refractivity (Wildman–Crippen MR) is 93.3 cm³/mol. The van der Waals surface area contributed by atoms with Crippen LogP contribution in [0.4, 0.5) is 5.69 Å². The Kier molecular flexibility index (Phi) is 4.00. The van der Waals surface area contributed by atoms with Crippen LogP contribution in [0.25, 0.3) is 0 Å². The van der Waals surface area contributed by atoms with Crippen LogP contribution in [0.1, 0.15) is 18.4 Å². The Balaban J connectivity index is 1.47. The van der Waals surface area contributed by atoms with Crippen LogP contribution < -0.4 is 9.64 Å². The number of benzene rings is 2. The fraction of sp³-hybridized carbons (Fsp3) is 0.316. The largest absolute Gasteiger partial charge is 0.488 e. The zero-order valence-electron chi connectivity index (χ0n) is 12.9. The van der Waals surface area contributed by atoms with Crippen molar-refractivity contribution in [2.45, 2.75) is 30.3 Å². The van der Waals surface area contributed by atoms with Gasteiger partial charge in [0.2, 0.25) is 5.91 Å². The highest BCUT2D eigenvalue weighted by Gasteiger charge is 2.27. The number of carbonyl (C=O) groups excluding carboxylic acids is 1. The number of hydrogen-bond donors (Lipinski definition) is 0. The van der Waals surface area contributed by atoms with E-state index in [0.717, 1.165) is 36.6 Å². The van der Waals surface area contributed by atoms with Crippen LogP contribution in [0.15, 0.2) is 53.4 Å². The predicted octanol–water partition coefficient (Wildman–Crippen LogP) is 3.91. The second-order valence-corrected chi connectivity index (χ2v) is 7.04. The highest BCUT2D eigenvalue weighted by molar-refractivity contribution is 7.99. The van der Waals surface area contributed by atoms with Gasteiger partial charge in [0.1, 0.15) is 11.9 Å². The first-order valence-corrected chi connectivity index (χ1v) is 9.06. The Bertz CT molecular complexity index is 731. The molecule has 2 heterocycles.